The van der Waals surface area contributed by atoms with Crippen molar-refractivity contribution >= 4 is 29.1 Å². The van der Waals surface area contributed by atoms with E-state index in [2.05, 4.69) is 5.32 Å². The summed E-state index contributed by atoms with van der Waals surface area (Å²) < 4.78 is 26.9. The number of nitrogens with zero attached hydrogens (tertiary/aromatic N) is 2. The van der Waals surface area contributed by atoms with Crippen LogP contribution < -0.4 is 10.2 Å². The van der Waals surface area contributed by atoms with Gasteiger partial charge in [0.1, 0.15) is 11.6 Å². The lowest BCUT2D eigenvalue weighted by Gasteiger charge is -2.47. The Morgan fingerprint density at radius 1 is 1.11 bits per heavy atom. The van der Waals surface area contributed by atoms with Crippen molar-refractivity contribution in [1.82, 2.24) is 4.90 Å². The second-order valence-corrected chi connectivity index (χ2v) is 6.54. The Morgan fingerprint density at radius 3 is 2.48 bits per heavy atom. The van der Waals surface area contributed by atoms with Gasteiger partial charge in [0.25, 0.3) is 11.8 Å². The first-order chi connectivity index (χ1) is 12.8. The molecular weight excluding hydrogens is 356 g/mol. The van der Waals surface area contributed by atoms with E-state index in [1.54, 1.807) is 24.3 Å². The minimum absolute atomic E-state index is 0.0664. The van der Waals surface area contributed by atoms with Gasteiger partial charge in [0.15, 0.2) is 0 Å². The van der Waals surface area contributed by atoms with Crippen LogP contribution in [0.15, 0.2) is 42.5 Å². The van der Waals surface area contributed by atoms with Crippen molar-refractivity contribution in [2.75, 3.05) is 17.3 Å². The molecule has 6 nitrogen and oxygen atoms in total. The smallest absolute Gasteiger partial charge is 0.271 e. The molecule has 0 spiro atoms. The third kappa shape index (κ3) is 2.40. The van der Waals surface area contributed by atoms with Crippen molar-refractivity contribution in [2.24, 2.45) is 0 Å². The maximum atomic E-state index is 13.5. The van der Waals surface area contributed by atoms with Crippen LogP contribution in [0.3, 0.4) is 0 Å². The molecule has 2 aliphatic heterocycles. The highest BCUT2D eigenvalue weighted by atomic mass is 19.1. The lowest BCUT2D eigenvalue weighted by molar-refractivity contribution is -0.128. The van der Waals surface area contributed by atoms with Gasteiger partial charge in [-0.05, 0) is 24.3 Å². The van der Waals surface area contributed by atoms with Gasteiger partial charge in [-0.3, -0.25) is 19.3 Å². The molecule has 138 valence electrons. The molecule has 2 aromatic rings. The van der Waals surface area contributed by atoms with Crippen molar-refractivity contribution < 1.29 is 23.2 Å². The van der Waals surface area contributed by atoms with Crippen LogP contribution >= 0.6 is 0 Å². The predicted octanol–water partition coefficient (Wildman–Crippen LogP) is 2.51. The first-order valence-corrected chi connectivity index (χ1v) is 8.32. The number of benzene rings is 2. The Bertz CT molecular complexity index is 974. The fourth-order valence-electron chi connectivity index (χ4n) is 3.79. The Labute approximate surface area is 153 Å². The first kappa shape index (κ1) is 17.1. The molecule has 0 aliphatic carbocycles. The Hall–Kier alpha value is -3.29. The van der Waals surface area contributed by atoms with Gasteiger partial charge < -0.3 is 10.2 Å². The lowest BCUT2D eigenvalue weighted by Crippen LogP contribution is -2.68. The van der Waals surface area contributed by atoms with E-state index in [-0.39, 0.29) is 24.4 Å². The van der Waals surface area contributed by atoms with Crippen LogP contribution in [-0.4, -0.2) is 35.3 Å². The van der Waals surface area contributed by atoms with E-state index >= 15 is 0 Å². The summed E-state index contributed by atoms with van der Waals surface area (Å²) in [6.07, 6.45) is 0.142. The van der Waals surface area contributed by atoms with E-state index in [1.807, 2.05) is 0 Å². The van der Waals surface area contributed by atoms with Gasteiger partial charge in [0.05, 0.1) is 11.3 Å². The molecule has 8 heteroatoms. The highest BCUT2D eigenvalue weighted by Gasteiger charge is 2.59. The van der Waals surface area contributed by atoms with Gasteiger partial charge >= 0.3 is 0 Å². The van der Waals surface area contributed by atoms with Gasteiger partial charge in [-0.15, -0.1) is 0 Å². The number of nitrogens with one attached hydrogen (secondary N) is 1. The number of carbonyl (C=O) groups excluding carboxylic acids is 3. The number of rotatable bonds is 2. The second kappa shape index (κ2) is 5.87. The standard InChI is InChI=1S/C19H15F2N3O3/c1-23-17(26)14-4-2-3-5-15(14)24-16(25)6-7-19(23,24)18(27)22-13-9-11(20)8-12(21)10-13/h2-5,8-10H,6-7H2,1H3,(H,22,27)/t19-/m1/s1. The van der Waals surface area contributed by atoms with Crippen molar-refractivity contribution in [3.63, 3.8) is 0 Å². The maximum Gasteiger partial charge on any atom is 0.271 e. The van der Waals surface area contributed by atoms with Gasteiger partial charge in [-0.1, -0.05) is 12.1 Å². The second-order valence-electron chi connectivity index (χ2n) is 6.54. The normalized spacial score (nSPS) is 21.1. The Balaban J connectivity index is 1.81. The monoisotopic (exact) mass is 371 g/mol. The van der Waals surface area contributed by atoms with E-state index in [0.29, 0.717) is 17.3 Å². The number of carbonyl (C=O) groups is 3. The minimum Gasteiger partial charge on any atom is -0.322 e. The molecule has 1 fully saturated rings. The van der Waals surface area contributed by atoms with Gasteiger partial charge in [0.2, 0.25) is 11.6 Å². The molecule has 1 saturated heterocycles. The predicted molar refractivity (Wildman–Crippen MR) is 93.0 cm³/mol. The fourth-order valence-corrected chi connectivity index (χ4v) is 3.79. The van der Waals surface area contributed by atoms with E-state index in [4.69, 9.17) is 0 Å². The van der Waals surface area contributed by atoms with E-state index in [1.165, 1.54) is 16.8 Å². The van der Waals surface area contributed by atoms with Crippen LogP contribution in [0.1, 0.15) is 23.2 Å². The highest BCUT2D eigenvalue weighted by molar-refractivity contribution is 6.18. The topological polar surface area (TPSA) is 69.7 Å². The largest absolute Gasteiger partial charge is 0.322 e. The molecule has 2 aliphatic rings. The summed E-state index contributed by atoms with van der Waals surface area (Å²) in [5, 5.41) is 2.45. The number of hydrogen-bond acceptors (Lipinski definition) is 3. The summed E-state index contributed by atoms with van der Waals surface area (Å²) >= 11 is 0. The van der Waals surface area contributed by atoms with Gasteiger partial charge in [0, 0.05) is 31.6 Å². The molecular formula is C19H15F2N3O3. The molecule has 3 amide bonds. The molecule has 1 atom stereocenters. The van der Waals surface area contributed by atoms with Crippen molar-refractivity contribution in [3.05, 3.63) is 59.7 Å². The number of hydrogen-bond donors (Lipinski definition) is 1. The summed E-state index contributed by atoms with van der Waals surface area (Å²) in [4.78, 5) is 41.1. The molecule has 0 unspecified atom stereocenters. The number of likely N-dealkylation sites (N-methyl/N-ethyl adjacent to an activating group) is 1. The van der Waals surface area contributed by atoms with Crippen LogP contribution in [0.5, 0.6) is 0 Å². The molecule has 0 aromatic heterocycles. The zero-order chi connectivity index (χ0) is 19.3. The van der Waals surface area contributed by atoms with Crippen LogP contribution in [-0.2, 0) is 9.59 Å². The third-order valence-electron chi connectivity index (χ3n) is 5.03. The lowest BCUT2D eigenvalue weighted by atomic mass is 9.96. The Morgan fingerprint density at radius 2 is 1.78 bits per heavy atom. The molecule has 0 saturated carbocycles. The summed E-state index contributed by atoms with van der Waals surface area (Å²) in [5.74, 6) is -3.11. The zero-order valence-corrected chi connectivity index (χ0v) is 14.3. The average molecular weight is 371 g/mol. The van der Waals surface area contributed by atoms with Crippen molar-refractivity contribution in [2.45, 2.75) is 18.5 Å². The molecule has 0 bridgehead atoms. The number of anilines is 2. The average Bonchev–Trinajstić information content (AvgIpc) is 2.97. The minimum atomic E-state index is -1.59. The Kier molecular flexibility index (Phi) is 3.73. The van der Waals surface area contributed by atoms with Crippen LogP contribution in [0.2, 0.25) is 0 Å². The maximum absolute atomic E-state index is 13.5. The fraction of sp³-hybridized carbons (Fsp3) is 0.211. The quantitative estimate of drug-likeness (QED) is 0.882. The first-order valence-electron chi connectivity index (χ1n) is 8.32. The SMILES string of the molecule is CN1C(=O)c2ccccc2N2C(=O)CC[C@@]12C(=O)Nc1cc(F)cc(F)c1. The summed E-state index contributed by atoms with van der Waals surface area (Å²) in [7, 11) is 1.44. The molecule has 27 heavy (non-hydrogen) atoms. The summed E-state index contributed by atoms with van der Waals surface area (Å²) in [6, 6.07) is 9.17. The van der Waals surface area contributed by atoms with Crippen LogP contribution in [0, 0.1) is 11.6 Å². The third-order valence-corrected chi connectivity index (χ3v) is 5.03. The van der Waals surface area contributed by atoms with Crippen molar-refractivity contribution in [3.8, 4) is 0 Å². The molecule has 4 rings (SSSR count). The number of fused-ring (bicyclic) bond motifs is 3. The van der Waals surface area contributed by atoms with Gasteiger partial charge in [-0.2, -0.15) is 0 Å². The summed E-state index contributed by atoms with van der Waals surface area (Å²) in [5.41, 5.74) is -1.02. The van der Waals surface area contributed by atoms with E-state index < -0.39 is 29.1 Å². The summed E-state index contributed by atoms with van der Waals surface area (Å²) in [6.45, 7) is 0. The molecule has 1 N–H and O–H groups in total. The number of para-hydroxylation sites is 1. The van der Waals surface area contributed by atoms with Crippen LogP contribution in [0.4, 0.5) is 20.2 Å². The zero-order valence-electron chi connectivity index (χ0n) is 14.3. The molecule has 2 aromatic carbocycles. The van der Waals surface area contributed by atoms with Crippen LogP contribution in [0.25, 0.3) is 0 Å². The number of halogens is 2. The van der Waals surface area contributed by atoms with E-state index in [0.717, 1.165) is 12.1 Å². The number of amides is 3. The van der Waals surface area contributed by atoms with E-state index in [9.17, 15) is 23.2 Å². The highest BCUT2D eigenvalue weighted by Crippen LogP contribution is 2.44. The van der Waals surface area contributed by atoms with Crippen molar-refractivity contribution in [1.29, 1.82) is 0 Å². The van der Waals surface area contributed by atoms with Gasteiger partial charge in [-0.25, -0.2) is 8.78 Å². The molecule has 0 radical (unpaired) electrons. The molecule has 2 heterocycles.